The maximum Gasteiger partial charge on any atom is 0.0693 e. The van der Waals surface area contributed by atoms with Crippen LogP contribution < -0.4 is 5.32 Å². The molecular weight excluding hydrogens is 162 g/mol. The van der Waals surface area contributed by atoms with Gasteiger partial charge in [0.05, 0.1) is 6.10 Å². The minimum Gasteiger partial charge on any atom is -0.380 e. The van der Waals surface area contributed by atoms with Gasteiger partial charge in [0.2, 0.25) is 0 Å². The summed E-state index contributed by atoms with van der Waals surface area (Å²) in [7, 11) is 1.69. The summed E-state index contributed by atoms with van der Waals surface area (Å²) >= 11 is 5.57. The second-order valence-corrected chi connectivity index (χ2v) is 3.16. The number of ether oxygens (including phenoxy) is 1. The third-order valence-electron chi connectivity index (χ3n) is 1.69. The minimum absolute atomic E-state index is 0.200. The van der Waals surface area contributed by atoms with Crippen molar-refractivity contribution in [3.63, 3.8) is 0 Å². The molecule has 1 N–H and O–H groups in total. The van der Waals surface area contributed by atoms with Crippen molar-refractivity contribution in [2.75, 3.05) is 13.7 Å². The maximum atomic E-state index is 5.57. The lowest BCUT2D eigenvalue weighted by Gasteiger charge is -2.19. The van der Waals surface area contributed by atoms with E-state index in [2.05, 4.69) is 11.9 Å². The molecule has 0 aromatic carbocycles. The van der Waals surface area contributed by atoms with Crippen LogP contribution in [0.4, 0.5) is 0 Å². The average Bonchev–Trinajstić information content (AvgIpc) is 1.98. The molecule has 0 fully saturated rings. The largest absolute Gasteiger partial charge is 0.380 e. The summed E-state index contributed by atoms with van der Waals surface area (Å²) in [5.74, 6) is 0. The first-order chi connectivity index (χ1) is 5.07. The van der Waals surface area contributed by atoms with E-state index in [-0.39, 0.29) is 6.10 Å². The van der Waals surface area contributed by atoms with Crippen molar-refractivity contribution in [2.24, 2.45) is 0 Å². The number of rotatable bonds is 5. The predicted octanol–water partition coefficient (Wildman–Crippen LogP) is 1.75. The molecule has 2 unspecified atom stereocenters. The topological polar surface area (TPSA) is 21.3 Å². The second-order valence-electron chi connectivity index (χ2n) is 2.63. The van der Waals surface area contributed by atoms with Gasteiger partial charge in [-0.2, -0.15) is 0 Å². The predicted molar refractivity (Wildman–Crippen MR) is 48.9 cm³/mol. The monoisotopic (exact) mass is 177 g/mol. The molecule has 0 aromatic heterocycles. The smallest absolute Gasteiger partial charge is 0.0693 e. The Morgan fingerprint density at radius 2 is 2.18 bits per heavy atom. The van der Waals surface area contributed by atoms with E-state index in [0.717, 1.165) is 0 Å². The number of hydrogen-bond acceptors (Lipinski definition) is 2. The normalized spacial score (nSPS) is 16.0. The highest BCUT2D eigenvalue weighted by Crippen LogP contribution is 1.98. The highest BCUT2D eigenvalue weighted by Gasteiger charge is 2.09. The van der Waals surface area contributed by atoms with Gasteiger partial charge in [-0.25, -0.2) is 0 Å². The van der Waals surface area contributed by atoms with Gasteiger partial charge in [-0.05, 0) is 13.8 Å². The molecule has 2 atom stereocenters. The lowest BCUT2D eigenvalue weighted by molar-refractivity contribution is 0.0899. The lowest BCUT2D eigenvalue weighted by Crippen LogP contribution is -2.37. The number of halogens is 1. The average molecular weight is 178 g/mol. The van der Waals surface area contributed by atoms with Gasteiger partial charge >= 0.3 is 0 Å². The molecule has 0 aliphatic carbocycles. The molecule has 3 heteroatoms. The quantitative estimate of drug-likeness (QED) is 0.691. The fourth-order valence-electron chi connectivity index (χ4n) is 0.642. The van der Waals surface area contributed by atoms with E-state index < -0.39 is 0 Å². The summed E-state index contributed by atoms with van der Waals surface area (Å²) in [6, 6.07) is 0.301. The Balaban J connectivity index is 3.51. The Morgan fingerprint density at radius 3 is 2.55 bits per heavy atom. The van der Waals surface area contributed by atoms with Gasteiger partial charge < -0.3 is 10.1 Å². The van der Waals surface area contributed by atoms with Crippen molar-refractivity contribution in [3.8, 4) is 0 Å². The molecule has 0 aliphatic rings. The van der Waals surface area contributed by atoms with Crippen LogP contribution in [-0.2, 0) is 4.74 Å². The van der Waals surface area contributed by atoms with E-state index in [9.17, 15) is 0 Å². The Kier molecular flexibility index (Phi) is 5.56. The first-order valence-electron chi connectivity index (χ1n) is 3.67. The summed E-state index contributed by atoms with van der Waals surface area (Å²) < 4.78 is 5.11. The summed E-state index contributed by atoms with van der Waals surface area (Å²) in [6.45, 7) is 8.27. The first-order valence-corrected chi connectivity index (χ1v) is 4.05. The summed E-state index contributed by atoms with van der Waals surface area (Å²) in [4.78, 5) is 0. The molecule has 0 amide bonds. The van der Waals surface area contributed by atoms with Crippen LogP contribution >= 0.6 is 11.6 Å². The molecular formula is C8H16ClNO. The van der Waals surface area contributed by atoms with Gasteiger partial charge in [0, 0.05) is 24.7 Å². The Hall–Kier alpha value is -0.0500. The standard InChI is InChI=1S/C8H16ClNO/c1-6(9)5-10-7(2)8(3)11-4/h7-8,10H,1,5H2,2-4H3. The Labute approximate surface area is 73.6 Å². The van der Waals surface area contributed by atoms with Gasteiger partial charge in [0.25, 0.3) is 0 Å². The summed E-state index contributed by atoms with van der Waals surface area (Å²) in [5.41, 5.74) is 0. The van der Waals surface area contributed by atoms with Gasteiger partial charge in [-0.1, -0.05) is 18.2 Å². The molecule has 66 valence electrons. The Morgan fingerprint density at radius 1 is 1.64 bits per heavy atom. The molecule has 0 radical (unpaired) electrons. The van der Waals surface area contributed by atoms with Crippen LogP contribution in [0, 0.1) is 0 Å². The van der Waals surface area contributed by atoms with Crippen molar-refractivity contribution in [1.82, 2.24) is 5.32 Å². The third-order valence-corrected chi connectivity index (χ3v) is 1.83. The van der Waals surface area contributed by atoms with Crippen LogP contribution in [0.25, 0.3) is 0 Å². The van der Waals surface area contributed by atoms with Gasteiger partial charge in [0.15, 0.2) is 0 Å². The van der Waals surface area contributed by atoms with Crippen molar-refractivity contribution in [2.45, 2.75) is 26.0 Å². The molecule has 0 rings (SSSR count). The summed E-state index contributed by atoms with van der Waals surface area (Å²) in [5, 5.41) is 3.80. The van der Waals surface area contributed by atoms with Gasteiger partial charge in [-0.3, -0.25) is 0 Å². The Bertz CT molecular complexity index is 127. The van der Waals surface area contributed by atoms with Crippen molar-refractivity contribution in [1.29, 1.82) is 0 Å². The van der Waals surface area contributed by atoms with Crippen molar-refractivity contribution >= 4 is 11.6 Å². The van der Waals surface area contributed by atoms with E-state index in [1.54, 1.807) is 7.11 Å². The van der Waals surface area contributed by atoms with Crippen molar-refractivity contribution in [3.05, 3.63) is 11.6 Å². The van der Waals surface area contributed by atoms with Crippen LogP contribution in [0.15, 0.2) is 11.6 Å². The van der Waals surface area contributed by atoms with Crippen molar-refractivity contribution < 1.29 is 4.74 Å². The molecule has 0 aliphatic heterocycles. The van der Waals surface area contributed by atoms with Crippen LogP contribution in [-0.4, -0.2) is 25.8 Å². The zero-order valence-corrected chi connectivity index (χ0v) is 8.11. The molecule has 0 saturated carbocycles. The maximum absolute atomic E-state index is 5.57. The van der Waals surface area contributed by atoms with E-state index in [1.165, 1.54) is 0 Å². The van der Waals surface area contributed by atoms with Crippen LogP contribution in [0.3, 0.4) is 0 Å². The third kappa shape index (κ3) is 5.24. The zero-order chi connectivity index (χ0) is 8.85. The van der Waals surface area contributed by atoms with E-state index >= 15 is 0 Å². The molecule has 11 heavy (non-hydrogen) atoms. The molecule has 0 spiro atoms. The second kappa shape index (κ2) is 5.58. The minimum atomic E-state index is 0.200. The van der Waals surface area contributed by atoms with Gasteiger partial charge in [-0.15, -0.1) is 0 Å². The SMILES string of the molecule is C=C(Cl)CNC(C)C(C)OC. The fraction of sp³-hybridized carbons (Fsp3) is 0.750. The van der Waals surface area contributed by atoms with E-state index in [4.69, 9.17) is 16.3 Å². The zero-order valence-electron chi connectivity index (χ0n) is 7.36. The van der Waals surface area contributed by atoms with E-state index in [0.29, 0.717) is 17.6 Å². The highest BCUT2D eigenvalue weighted by molar-refractivity contribution is 6.29. The highest BCUT2D eigenvalue weighted by atomic mass is 35.5. The number of hydrogen-bond donors (Lipinski definition) is 1. The van der Waals surface area contributed by atoms with Crippen LogP contribution in [0.5, 0.6) is 0 Å². The fourth-order valence-corrected chi connectivity index (χ4v) is 0.719. The molecule has 0 saturated heterocycles. The molecule has 0 aromatic rings. The molecule has 2 nitrogen and oxygen atoms in total. The molecule has 0 bridgehead atoms. The lowest BCUT2D eigenvalue weighted by atomic mass is 10.2. The van der Waals surface area contributed by atoms with E-state index in [1.807, 2.05) is 13.8 Å². The summed E-state index contributed by atoms with van der Waals surface area (Å²) in [6.07, 6.45) is 0.200. The number of nitrogens with one attached hydrogen (secondary N) is 1. The van der Waals surface area contributed by atoms with Crippen LogP contribution in [0.2, 0.25) is 0 Å². The number of methoxy groups -OCH3 is 1. The van der Waals surface area contributed by atoms with Crippen LogP contribution in [0.1, 0.15) is 13.8 Å². The first kappa shape index (κ1) is 11.0. The molecule has 0 heterocycles. The van der Waals surface area contributed by atoms with Gasteiger partial charge in [0.1, 0.15) is 0 Å².